The molecular formula is C10H6F3N3O2. The van der Waals surface area contributed by atoms with Gasteiger partial charge in [-0.05, 0) is 18.2 Å². The van der Waals surface area contributed by atoms with Crippen LogP contribution in [0.1, 0.15) is 16.1 Å². The van der Waals surface area contributed by atoms with Crippen LogP contribution in [0, 0.1) is 0 Å². The summed E-state index contributed by atoms with van der Waals surface area (Å²) in [7, 11) is 0. The van der Waals surface area contributed by atoms with Gasteiger partial charge in [0.05, 0.1) is 11.1 Å². The number of benzene rings is 1. The predicted molar refractivity (Wildman–Crippen MR) is 55.9 cm³/mol. The van der Waals surface area contributed by atoms with E-state index in [1.54, 1.807) is 0 Å². The molecule has 0 atom stereocenters. The number of halogens is 3. The van der Waals surface area contributed by atoms with E-state index < -0.39 is 23.4 Å². The van der Waals surface area contributed by atoms with Crippen LogP contribution >= 0.6 is 0 Å². The normalized spacial score (nSPS) is 11.7. The van der Waals surface area contributed by atoms with Gasteiger partial charge in [0, 0.05) is 5.39 Å². The number of aromatic carboxylic acids is 1. The number of fused-ring (bicyclic) bond motifs is 1. The molecule has 0 aliphatic heterocycles. The minimum absolute atomic E-state index is 0.00435. The Bertz CT molecular complexity index is 640. The molecule has 2 rings (SSSR count). The van der Waals surface area contributed by atoms with Gasteiger partial charge in [0.15, 0.2) is 5.69 Å². The van der Waals surface area contributed by atoms with E-state index in [-0.39, 0.29) is 16.9 Å². The first-order valence-electron chi connectivity index (χ1n) is 4.67. The molecule has 0 bridgehead atoms. The van der Waals surface area contributed by atoms with Crippen molar-refractivity contribution in [3.05, 3.63) is 29.5 Å². The number of alkyl halides is 3. The Morgan fingerprint density at radius 1 is 1.28 bits per heavy atom. The highest BCUT2D eigenvalue weighted by molar-refractivity contribution is 6.01. The van der Waals surface area contributed by atoms with Crippen molar-refractivity contribution >= 4 is 22.8 Å². The number of nitrogens with zero attached hydrogens (tertiary/aromatic N) is 2. The number of nitrogens with two attached hydrogens (primary N) is 1. The van der Waals surface area contributed by atoms with Crippen LogP contribution in [0.15, 0.2) is 18.2 Å². The zero-order valence-electron chi connectivity index (χ0n) is 8.69. The van der Waals surface area contributed by atoms with Crippen LogP contribution in [-0.4, -0.2) is 21.0 Å². The van der Waals surface area contributed by atoms with Crippen LogP contribution in [0.2, 0.25) is 0 Å². The van der Waals surface area contributed by atoms with Gasteiger partial charge >= 0.3 is 12.1 Å². The van der Waals surface area contributed by atoms with Gasteiger partial charge in [0.25, 0.3) is 0 Å². The van der Waals surface area contributed by atoms with E-state index in [0.29, 0.717) is 0 Å². The third kappa shape index (κ3) is 2.04. The summed E-state index contributed by atoms with van der Waals surface area (Å²) >= 11 is 0. The van der Waals surface area contributed by atoms with E-state index in [2.05, 4.69) is 9.97 Å². The Labute approximate surface area is 98.1 Å². The van der Waals surface area contributed by atoms with E-state index in [1.165, 1.54) is 0 Å². The first-order valence-corrected chi connectivity index (χ1v) is 4.67. The molecule has 1 aromatic carbocycles. The lowest BCUT2D eigenvalue weighted by Gasteiger charge is -2.08. The second kappa shape index (κ2) is 3.83. The van der Waals surface area contributed by atoms with Gasteiger partial charge in [-0.15, -0.1) is 0 Å². The minimum atomic E-state index is -4.53. The van der Waals surface area contributed by atoms with Crippen molar-refractivity contribution < 1.29 is 23.1 Å². The van der Waals surface area contributed by atoms with Gasteiger partial charge < -0.3 is 10.8 Å². The number of rotatable bonds is 1. The van der Waals surface area contributed by atoms with Gasteiger partial charge in [-0.1, -0.05) is 0 Å². The Kier molecular flexibility index (Phi) is 2.57. The average Bonchev–Trinajstić information content (AvgIpc) is 2.25. The molecule has 0 amide bonds. The van der Waals surface area contributed by atoms with E-state index in [4.69, 9.17) is 10.8 Å². The highest BCUT2D eigenvalue weighted by atomic mass is 19.4. The summed E-state index contributed by atoms with van der Waals surface area (Å²) in [6, 6.07) is 2.52. The predicted octanol–water partition coefficient (Wildman–Crippen LogP) is 1.93. The second-order valence-corrected chi connectivity index (χ2v) is 3.47. The van der Waals surface area contributed by atoms with Gasteiger partial charge in [-0.2, -0.15) is 13.2 Å². The van der Waals surface area contributed by atoms with Crippen molar-refractivity contribution in [3.63, 3.8) is 0 Å². The largest absolute Gasteiger partial charge is 0.476 e. The maximum absolute atomic E-state index is 12.5. The Morgan fingerprint density at radius 2 is 1.94 bits per heavy atom. The number of carboxylic acid groups (broad SMARTS) is 1. The number of anilines is 1. The molecule has 0 aliphatic rings. The summed E-state index contributed by atoms with van der Waals surface area (Å²) in [5, 5.41) is 8.87. The van der Waals surface area contributed by atoms with Gasteiger partial charge in [0.2, 0.25) is 5.95 Å². The Balaban J connectivity index is 2.76. The van der Waals surface area contributed by atoms with E-state index >= 15 is 0 Å². The lowest BCUT2D eigenvalue weighted by Crippen LogP contribution is -2.09. The monoisotopic (exact) mass is 257 g/mol. The molecule has 0 saturated heterocycles. The molecule has 18 heavy (non-hydrogen) atoms. The minimum Gasteiger partial charge on any atom is -0.476 e. The first-order chi connectivity index (χ1) is 8.29. The van der Waals surface area contributed by atoms with Crippen molar-refractivity contribution in [2.45, 2.75) is 6.18 Å². The molecule has 1 heterocycles. The molecule has 94 valence electrons. The van der Waals surface area contributed by atoms with Gasteiger partial charge in [-0.25, -0.2) is 14.8 Å². The maximum atomic E-state index is 12.5. The van der Waals surface area contributed by atoms with Gasteiger partial charge in [0.1, 0.15) is 0 Å². The van der Waals surface area contributed by atoms with Crippen LogP contribution in [0.4, 0.5) is 19.1 Å². The number of hydrogen-bond acceptors (Lipinski definition) is 4. The molecule has 0 radical (unpaired) electrons. The average molecular weight is 257 g/mol. The van der Waals surface area contributed by atoms with Crippen molar-refractivity contribution in [2.24, 2.45) is 0 Å². The number of carboxylic acids is 1. The summed E-state index contributed by atoms with van der Waals surface area (Å²) in [4.78, 5) is 18.0. The standard InChI is InChI=1S/C10H6F3N3O2/c11-10(12,13)4-1-2-5-6(3-4)15-9(14)16-7(5)8(17)18/h1-3H,(H,17,18)(H2,14,15,16). The molecule has 2 aromatic rings. The van der Waals surface area contributed by atoms with Crippen LogP contribution in [0.3, 0.4) is 0 Å². The number of hydrogen-bond donors (Lipinski definition) is 2. The molecule has 1 aromatic heterocycles. The van der Waals surface area contributed by atoms with Crippen molar-refractivity contribution in [3.8, 4) is 0 Å². The van der Waals surface area contributed by atoms with Crippen LogP contribution in [0.25, 0.3) is 10.9 Å². The van der Waals surface area contributed by atoms with Crippen molar-refractivity contribution in [1.82, 2.24) is 9.97 Å². The van der Waals surface area contributed by atoms with Crippen molar-refractivity contribution in [2.75, 3.05) is 5.73 Å². The van der Waals surface area contributed by atoms with Crippen molar-refractivity contribution in [1.29, 1.82) is 0 Å². The number of carbonyl (C=O) groups is 1. The van der Waals surface area contributed by atoms with Crippen LogP contribution < -0.4 is 5.73 Å². The fourth-order valence-electron chi connectivity index (χ4n) is 1.49. The molecule has 0 fully saturated rings. The zero-order chi connectivity index (χ0) is 13.5. The van der Waals surface area contributed by atoms with E-state index in [0.717, 1.165) is 18.2 Å². The van der Waals surface area contributed by atoms with Crippen LogP contribution in [0.5, 0.6) is 0 Å². The summed E-state index contributed by atoms with van der Waals surface area (Å²) in [6.07, 6.45) is -4.53. The summed E-state index contributed by atoms with van der Waals surface area (Å²) in [5.74, 6) is -1.77. The topological polar surface area (TPSA) is 89.1 Å². The fourth-order valence-corrected chi connectivity index (χ4v) is 1.49. The number of nitrogen functional groups attached to an aromatic ring is 1. The molecule has 0 spiro atoms. The first kappa shape index (κ1) is 12.1. The molecule has 5 nitrogen and oxygen atoms in total. The second-order valence-electron chi connectivity index (χ2n) is 3.47. The van der Waals surface area contributed by atoms with Crippen LogP contribution in [-0.2, 0) is 6.18 Å². The van der Waals surface area contributed by atoms with Gasteiger partial charge in [-0.3, -0.25) is 0 Å². The SMILES string of the molecule is Nc1nc(C(=O)O)c2ccc(C(F)(F)F)cc2n1. The zero-order valence-corrected chi connectivity index (χ0v) is 8.69. The third-order valence-electron chi connectivity index (χ3n) is 2.24. The maximum Gasteiger partial charge on any atom is 0.416 e. The third-order valence-corrected chi connectivity index (χ3v) is 2.24. The molecule has 0 unspecified atom stereocenters. The van der Waals surface area contributed by atoms with E-state index in [1.807, 2.05) is 0 Å². The summed E-state index contributed by atoms with van der Waals surface area (Å²) < 4.78 is 37.5. The highest BCUT2D eigenvalue weighted by Crippen LogP contribution is 2.31. The Hall–Kier alpha value is -2.38. The quantitative estimate of drug-likeness (QED) is 0.814. The van der Waals surface area contributed by atoms with E-state index in [9.17, 15) is 18.0 Å². The summed E-state index contributed by atoms with van der Waals surface area (Å²) in [5.41, 5.74) is 3.75. The Morgan fingerprint density at radius 3 is 2.50 bits per heavy atom. The molecular weight excluding hydrogens is 251 g/mol. The fraction of sp³-hybridized carbons (Fsp3) is 0.100. The molecule has 0 saturated carbocycles. The number of aromatic nitrogens is 2. The summed E-state index contributed by atoms with van der Waals surface area (Å²) in [6.45, 7) is 0. The lowest BCUT2D eigenvalue weighted by atomic mass is 10.1. The molecule has 3 N–H and O–H groups in total. The smallest absolute Gasteiger partial charge is 0.416 e. The molecule has 0 aliphatic carbocycles. The molecule has 8 heteroatoms. The lowest BCUT2D eigenvalue weighted by molar-refractivity contribution is -0.137. The highest BCUT2D eigenvalue weighted by Gasteiger charge is 2.31.